The van der Waals surface area contributed by atoms with Crippen LogP contribution < -0.4 is 4.74 Å². The minimum absolute atomic E-state index is 0.00772. The minimum atomic E-state index is -0.00772. The molecule has 0 radical (unpaired) electrons. The van der Waals surface area contributed by atoms with Crippen molar-refractivity contribution in [1.82, 2.24) is 9.80 Å². The maximum absolute atomic E-state index is 12.3. The Kier molecular flexibility index (Phi) is 6.02. The summed E-state index contributed by atoms with van der Waals surface area (Å²) in [6.07, 6.45) is 2.34. The lowest BCUT2D eigenvalue weighted by Crippen LogP contribution is -2.44. The molecular weight excluding hydrogens is 292 g/mol. The number of aryl methyl sites for hydroxylation is 1. The molecule has 2 rings (SSSR count). The van der Waals surface area contributed by atoms with Gasteiger partial charge in [0, 0.05) is 33.1 Å². The second-order valence-corrected chi connectivity index (χ2v) is 6.14. The first kappa shape index (κ1) is 17.3. The van der Waals surface area contributed by atoms with Crippen LogP contribution >= 0.6 is 0 Å². The summed E-state index contributed by atoms with van der Waals surface area (Å²) >= 11 is 0. The first-order valence-electron chi connectivity index (χ1n) is 8.22. The van der Waals surface area contributed by atoms with Crippen molar-refractivity contribution in [2.75, 3.05) is 33.8 Å². The highest BCUT2D eigenvalue weighted by atomic mass is 16.5. The molecule has 0 N–H and O–H groups in total. The van der Waals surface area contributed by atoms with Crippen LogP contribution in [0.4, 0.5) is 0 Å². The first-order chi connectivity index (χ1) is 11.0. The van der Waals surface area contributed by atoms with Crippen LogP contribution in [0.5, 0.6) is 5.75 Å². The van der Waals surface area contributed by atoms with Gasteiger partial charge in [0.1, 0.15) is 5.75 Å². The van der Waals surface area contributed by atoms with Crippen molar-refractivity contribution >= 4 is 11.8 Å². The molecule has 0 aromatic heterocycles. The highest BCUT2D eigenvalue weighted by Crippen LogP contribution is 2.21. The normalized spacial score (nSPS) is 15.3. The molecule has 0 saturated carbocycles. The number of para-hydroxylation sites is 1. The van der Waals surface area contributed by atoms with Gasteiger partial charge in [-0.3, -0.25) is 9.59 Å². The minimum Gasteiger partial charge on any atom is -0.483 e. The van der Waals surface area contributed by atoms with E-state index in [0.29, 0.717) is 13.1 Å². The number of carbonyl (C=O) groups is 2. The lowest BCUT2D eigenvalue weighted by molar-refractivity contribution is -0.140. The van der Waals surface area contributed by atoms with Crippen molar-refractivity contribution in [3.05, 3.63) is 29.8 Å². The maximum Gasteiger partial charge on any atom is 0.260 e. The molecule has 1 aliphatic rings. The fourth-order valence-electron chi connectivity index (χ4n) is 2.91. The van der Waals surface area contributed by atoms with Crippen LogP contribution in [-0.4, -0.2) is 55.4 Å². The van der Waals surface area contributed by atoms with Crippen LogP contribution in [0.2, 0.25) is 0 Å². The summed E-state index contributed by atoms with van der Waals surface area (Å²) in [6, 6.07) is 7.80. The van der Waals surface area contributed by atoms with Gasteiger partial charge < -0.3 is 14.5 Å². The van der Waals surface area contributed by atoms with E-state index in [0.717, 1.165) is 30.6 Å². The predicted molar refractivity (Wildman–Crippen MR) is 89.3 cm³/mol. The van der Waals surface area contributed by atoms with Crippen LogP contribution in [0, 0.1) is 5.92 Å². The first-order valence-corrected chi connectivity index (χ1v) is 8.22. The molecule has 0 unspecified atom stereocenters. The Morgan fingerprint density at radius 2 is 1.87 bits per heavy atom. The van der Waals surface area contributed by atoms with Crippen molar-refractivity contribution in [2.24, 2.45) is 5.92 Å². The van der Waals surface area contributed by atoms with E-state index in [-0.39, 0.29) is 24.3 Å². The van der Waals surface area contributed by atoms with Crippen LogP contribution in [0.1, 0.15) is 25.3 Å². The quantitative estimate of drug-likeness (QED) is 0.834. The Labute approximate surface area is 138 Å². The number of amides is 2. The standard InChI is InChI=1S/C18H26N2O3/c1-4-14-7-5-6-8-16(14)23-13-17(21)20-11-9-15(10-12-20)18(22)19(2)3/h5-8,15H,4,9-13H2,1-3H3. The number of carbonyl (C=O) groups excluding carboxylic acids is 2. The Hall–Kier alpha value is -2.04. The number of ether oxygens (including phenoxy) is 1. The van der Waals surface area contributed by atoms with E-state index in [2.05, 4.69) is 6.92 Å². The van der Waals surface area contributed by atoms with Crippen molar-refractivity contribution < 1.29 is 14.3 Å². The van der Waals surface area contributed by atoms with Gasteiger partial charge in [0.25, 0.3) is 5.91 Å². The number of likely N-dealkylation sites (tertiary alicyclic amines) is 1. The molecule has 0 aliphatic carbocycles. The summed E-state index contributed by atoms with van der Waals surface area (Å²) in [7, 11) is 3.55. The zero-order valence-electron chi connectivity index (χ0n) is 14.2. The van der Waals surface area contributed by atoms with Crippen LogP contribution in [0.25, 0.3) is 0 Å². The smallest absolute Gasteiger partial charge is 0.260 e. The van der Waals surface area contributed by atoms with E-state index in [1.54, 1.807) is 23.9 Å². The number of hydrogen-bond acceptors (Lipinski definition) is 3. The van der Waals surface area contributed by atoms with Gasteiger partial charge in [0.2, 0.25) is 5.91 Å². The molecule has 126 valence electrons. The van der Waals surface area contributed by atoms with Crippen molar-refractivity contribution in [1.29, 1.82) is 0 Å². The second kappa shape index (κ2) is 7.99. The molecule has 5 nitrogen and oxygen atoms in total. The number of nitrogens with zero attached hydrogens (tertiary/aromatic N) is 2. The molecule has 2 amide bonds. The number of benzene rings is 1. The summed E-state index contributed by atoms with van der Waals surface area (Å²) in [5.74, 6) is 0.966. The van der Waals surface area contributed by atoms with Crippen LogP contribution in [-0.2, 0) is 16.0 Å². The molecule has 0 atom stereocenters. The third-order valence-electron chi connectivity index (χ3n) is 4.34. The third-order valence-corrected chi connectivity index (χ3v) is 4.34. The fourth-order valence-corrected chi connectivity index (χ4v) is 2.91. The third kappa shape index (κ3) is 4.47. The van der Waals surface area contributed by atoms with Gasteiger partial charge in [-0.05, 0) is 30.9 Å². The van der Waals surface area contributed by atoms with E-state index in [4.69, 9.17) is 4.74 Å². The Balaban J connectivity index is 1.82. The summed E-state index contributed by atoms with van der Waals surface area (Å²) < 4.78 is 5.69. The average molecular weight is 318 g/mol. The Morgan fingerprint density at radius 3 is 2.48 bits per heavy atom. The van der Waals surface area contributed by atoms with Gasteiger partial charge in [-0.25, -0.2) is 0 Å². The molecule has 1 aromatic rings. The van der Waals surface area contributed by atoms with Gasteiger partial charge in [-0.2, -0.15) is 0 Å². The summed E-state index contributed by atoms with van der Waals surface area (Å²) in [6.45, 7) is 3.38. The molecule has 1 heterocycles. The molecule has 1 fully saturated rings. The zero-order chi connectivity index (χ0) is 16.8. The molecular formula is C18H26N2O3. The molecule has 0 bridgehead atoms. The summed E-state index contributed by atoms with van der Waals surface area (Å²) in [5.41, 5.74) is 1.11. The molecule has 1 saturated heterocycles. The fraction of sp³-hybridized carbons (Fsp3) is 0.556. The highest BCUT2D eigenvalue weighted by molar-refractivity contribution is 5.80. The van der Waals surface area contributed by atoms with Crippen molar-refractivity contribution in [3.8, 4) is 5.75 Å². The Morgan fingerprint density at radius 1 is 1.22 bits per heavy atom. The number of rotatable bonds is 5. The maximum atomic E-state index is 12.3. The van der Waals surface area contributed by atoms with Crippen molar-refractivity contribution in [2.45, 2.75) is 26.2 Å². The zero-order valence-corrected chi connectivity index (χ0v) is 14.2. The van der Waals surface area contributed by atoms with Crippen molar-refractivity contribution in [3.63, 3.8) is 0 Å². The Bertz CT molecular complexity index is 549. The lowest BCUT2D eigenvalue weighted by atomic mass is 9.95. The van der Waals surface area contributed by atoms with E-state index in [1.165, 1.54) is 0 Å². The lowest BCUT2D eigenvalue weighted by Gasteiger charge is -2.32. The predicted octanol–water partition coefficient (Wildman–Crippen LogP) is 1.95. The van der Waals surface area contributed by atoms with E-state index in [9.17, 15) is 9.59 Å². The van der Waals surface area contributed by atoms with E-state index in [1.807, 2.05) is 24.3 Å². The van der Waals surface area contributed by atoms with Gasteiger partial charge in [0.15, 0.2) is 6.61 Å². The largest absolute Gasteiger partial charge is 0.483 e. The van der Waals surface area contributed by atoms with Gasteiger partial charge in [-0.15, -0.1) is 0 Å². The molecule has 1 aromatic carbocycles. The monoisotopic (exact) mass is 318 g/mol. The number of hydrogen-bond donors (Lipinski definition) is 0. The molecule has 23 heavy (non-hydrogen) atoms. The number of piperidine rings is 1. The molecule has 5 heteroatoms. The molecule has 1 aliphatic heterocycles. The second-order valence-electron chi connectivity index (χ2n) is 6.14. The van der Waals surface area contributed by atoms with Crippen LogP contribution in [0.15, 0.2) is 24.3 Å². The van der Waals surface area contributed by atoms with E-state index >= 15 is 0 Å². The summed E-state index contributed by atoms with van der Waals surface area (Å²) in [5, 5.41) is 0. The van der Waals surface area contributed by atoms with Gasteiger partial charge in [-0.1, -0.05) is 25.1 Å². The van der Waals surface area contributed by atoms with E-state index < -0.39 is 0 Å². The molecule has 0 spiro atoms. The average Bonchev–Trinajstić information content (AvgIpc) is 2.59. The van der Waals surface area contributed by atoms with Gasteiger partial charge in [0.05, 0.1) is 0 Å². The van der Waals surface area contributed by atoms with Crippen LogP contribution in [0.3, 0.4) is 0 Å². The van der Waals surface area contributed by atoms with Gasteiger partial charge >= 0.3 is 0 Å². The topological polar surface area (TPSA) is 49.9 Å². The highest BCUT2D eigenvalue weighted by Gasteiger charge is 2.28. The SMILES string of the molecule is CCc1ccccc1OCC(=O)N1CCC(C(=O)N(C)C)CC1. The summed E-state index contributed by atoms with van der Waals surface area (Å²) in [4.78, 5) is 27.7.